The molecule has 100 valence electrons. The quantitative estimate of drug-likeness (QED) is 0.656. The van der Waals surface area contributed by atoms with Crippen molar-refractivity contribution < 1.29 is 0 Å². The van der Waals surface area contributed by atoms with Gasteiger partial charge < -0.3 is 0 Å². The van der Waals surface area contributed by atoms with Gasteiger partial charge in [0.2, 0.25) is 0 Å². The summed E-state index contributed by atoms with van der Waals surface area (Å²) in [5.74, 6) is 0. The highest BCUT2D eigenvalue weighted by Gasteiger charge is 2.26. The van der Waals surface area contributed by atoms with E-state index >= 15 is 0 Å². The largest absolute Gasteiger partial charge is 0.240 e. The summed E-state index contributed by atoms with van der Waals surface area (Å²) in [6.45, 7) is 10.5. The van der Waals surface area contributed by atoms with Gasteiger partial charge in [-0.15, -0.1) is 17.9 Å². The van der Waals surface area contributed by atoms with Crippen LogP contribution in [0.2, 0.25) is 0 Å². The summed E-state index contributed by atoms with van der Waals surface area (Å²) in [5.41, 5.74) is 2.43. The number of allylic oxidation sites excluding steroid dienone is 3. The lowest BCUT2D eigenvalue weighted by molar-refractivity contribution is 0.544. The van der Waals surface area contributed by atoms with Crippen molar-refractivity contribution in [1.82, 2.24) is 4.98 Å². The lowest BCUT2D eigenvalue weighted by Crippen LogP contribution is -2.17. The Bertz CT molecular complexity index is 572. The maximum absolute atomic E-state index is 4.78. The number of aromatic nitrogens is 1. The van der Waals surface area contributed by atoms with Crippen molar-refractivity contribution in [3.05, 3.63) is 53.6 Å². The van der Waals surface area contributed by atoms with Crippen molar-refractivity contribution in [2.24, 2.45) is 0 Å². The van der Waals surface area contributed by atoms with E-state index in [1.807, 2.05) is 12.1 Å². The molecule has 0 saturated heterocycles. The SMILES string of the molecule is C=C[C@@](C)(CCC=C(C)C)c1nc2ccccc2s1. The predicted octanol–water partition coefficient (Wildman–Crippen LogP) is 5.49. The van der Waals surface area contributed by atoms with Gasteiger partial charge in [0.25, 0.3) is 0 Å². The van der Waals surface area contributed by atoms with Gasteiger partial charge in [-0.05, 0) is 45.7 Å². The average Bonchev–Trinajstić information content (AvgIpc) is 2.82. The van der Waals surface area contributed by atoms with Crippen molar-refractivity contribution in [2.75, 3.05) is 0 Å². The molecule has 0 unspecified atom stereocenters. The smallest absolute Gasteiger partial charge is 0.103 e. The molecule has 2 heteroatoms. The van der Waals surface area contributed by atoms with Crippen LogP contribution in [0.5, 0.6) is 0 Å². The summed E-state index contributed by atoms with van der Waals surface area (Å²) in [6.07, 6.45) is 6.46. The Kier molecular flexibility index (Phi) is 4.20. The highest BCUT2D eigenvalue weighted by atomic mass is 32.1. The molecule has 0 amide bonds. The van der Waals surface area contributed by atoms with Crippen LogP contribution in [-0.4, -0.2) is 4.98 Å². The summed E-state index contributed by atoms with van der Waals surface area (Å²) in [6, 6.07) is 8.32. The molecule has 0 aliphatic rings. The van der Waals surface area contributed by atoms with Crippen LogP contribution < -0.4 is 0 Å². The summed E-state index contributed by atoms with van der Waals surface area (Å²) >= 11 is 1.78. The molecule has 0 N–H and O–H groups in total. The van der Waals surface area contributed by atoms with E-state index in [9.17, 15) is 0 Å². The van der Waals surface area contributed by atoms with Crippen molar-refractivity contribution in [2.45, 2.75) is 39.0 Å². The first kappa shape index (κ1) is 14.0. The molecule has 1 heterocycles. The van der Waals surface area contributed by atoms with Crippen LogP contribution in [-0.2, 0) is 5.41 Å². The molecule has 0 bridgehead atoms. The normalized spacial score (nSPS) is 14.1. The van der Waals surface area contributed by atoms with E-state index < -0.39 is 0 Å². The Morgan fingerprint density at radius 2 is 2.11 bits per heavy atom. The molecule has 0 spiro atoms. The van der Waals surface area contributed by atoms with Gasteiger partial charge >= 0.3 is 0 Å². The third-order valence-corrected chi connectivity index (χ3v) is 4.77. The van der Waals surface area contributed by atoms with Crippen molar-refractivity contribution >= 4 is 21.6 Å². The minimum absolute atomic E-state index is 0.0321. The zero-order valence-electron chi connectivity index (χ0n) is 11.9. The number of rotatable bonds is 5. The van der Waals surface area contributed by atoms with Crippen molar-refractivity contribution in [1.29, 1.82) is 0 Å². The van der Waals surface area contributed by atoms with Gasteiger partial charge in [-0.3, -0.25) is 0 Å². The van der Waals surface area contributed by atoms with Gasteiger partial charge in [-0.1, -0.05) is 29.9 Å². The number of hydrogen-bond acceptors (Lipinski definition) is 2. The molecule has 1 nitrogen and oxygen atoms in total. The van der Waals surface area contributed by atoms with E-state index in [0.29, 0.717) is 0 Å². The van der Waals surface area contributed by atoms with Gasteiger partial charge in [0.1, 0.15) is 5.01 Å². The summed E-state index contributed by atoms with van der Waals surface area (Å²) in [4.78, 5) is 4.78. The molecule has 19 heavy (non-hydrogen) atoms. The topological polar surface area (TPSA) is 12.9 Å². The first-order valence-corrected chi connectivity index (χ1v) is 7.50. The molecule has 0 aliphatic carbocycles. The summed E-state index contributed by atoms with van der Waals surface area (Å²) in [7, 11) is 0. The van der Waals surface area contributed by atoms with Crippen LogP contribution in [0.15, 0.2) is 48.6 Å². The van der Waals surface area contributed by atoms with Crippen LogP contribution in [0.25, 0.3) is 10.2 Å². The van der Waals surface area contributed by atoms with E-state index in [1.54, 1.807) is 11.3 Å². The molecule has 2 aromatic rings. The monoisotopic (exact) mass is 271 g/mol. The second kappa shape index (κ2) is 5.70. The highest BCUT2D eigenvalue weighted by molar-refractivity contribution is 7.18. The third kappa shape index (κ3) is 3.13. The summed E-state index contributed by atoms with van der Waals surface area (Å²) in [5, 5.41) is 1.17. The molecule has 0 aliphatic heterocycles. The minimum atomic E-state index is -0.0321. The molecule has 2 rings (SSSR count). The maximum atomic E-state index is 4.78. The van der Waals surface area contributed by atoms with Gasteiger partial charge in [0.05, 0.1) is 10.2 Å². The van der Waals surface area contributed by atoms with Gasteiger partial charge in [0, 0.05) is 5.41 Å². The standard InChI is InChI=1S/C17H21NS/c1-5-17(4,12-8-9-13(2)3)16-18-14-10-6-7-11-15(14)19-16/h5-7,9-11H,1,8,12H2,2-4H3/t17-/m0/s1. The average molecular weight is 271 g/mol. The lowest BCUT2D eigenvalue weighted by atomic mass is 9.86. The van der Waals surface area contributed by atoms with Crippen LogP contribution in [0.3, 0.4) is 0 Å². The second-order valence-corrected chi connectivity index (χ2v) is 6.46. The van der Waals surface area contributed by atoms with Crippen LogP contribution in [0, 0.1) is 0 Å². The van der Waals surface area contributed by atoms with E-state index in [1.165, 1.54) is 15.3 Å². The fourth-order valence-electron chi connectivity index (χ4n) is 2.07. The number of thiazole rings is 1. The Labute approximate surface area is 119 Å². The summed E-state index contributed by atoms with van der Waals surface area (Å²) < 4.78 is 1.26. The van der Waals surface area contributed by atoms with Gasteiger partial charge in [-0.25, -0.2) is 4.98 Å². The zero-order valence-corrected chi connectivity index (χ0v) is 12.8. The Balaban J connectivity index is 2.29. The first-order chi connectivity index (χ1) is 9.05. The highest BCUT2D eigenvalue weighted by Crippen LogP contribution is 2.36. The zero-order chi connectivity index (χ0) is 13.9. The Morgan fingerprint density at radius 1 is 1.37 bits per heavy atom. The molecule has 0 saturated carbocycles. The Hall–Kier alpha value is -1.41. The molecular formula is C17H21NS. The van der Waals surface area contributed by atoms with Gasteiger partial charge in [-0.2, -0.15) is 0 Å². The van der Waals surface area contributed by atoms with Crippen molar-refractivity contribution in [3.63, 3.8) is 0 Å². The predicted molar refractivity (Wildman–Crippen MR) is 85.8 cm³/mol. The van der Waals surface area contributed by atoms with E-state index in [2.05, 4.69) is 51.6 Å². The van der Waals surface area contributed by atoms with E-state index in [-0.39, 0.29) is 5.41 Å². The number of para-hydroxylation sites is 1. The number of nitrogens with zero attached hydrogens (tertiary/aromatic N) is 1. The molecule has 1 atom stereocenters. The van der Waals surface area contributed by atoms with Crippen molar-refractivity contribution in [3.8, 4) is 0 Å². The fourth-order valence-corrected chi connectivity index (χ4v) is 3.21. The van der Waals surface area contributed by atoms with Gasteiger partial charge in [0.15, 0.2) is 0 Å². The van der Waals surface area contributed by atoms with Crippen LogP contribution in [0.1, 0.15) is 38.6 Å². The number of hydrogen-bond donors (Lipinski definition) is 0. The third-order valence-electron chi connectivity index (χ3n) is 3.45. The van der Waals surface area contributed by atoms with E-state index in [0.717, 1.165) is 18.4 Å². The molecular weight excluding hydrogens is 250 g/mol. The lowest BCUT2D eigenvalue weighted by Gasteiger charge is -2.22. The van der Waals surface area contributed by atoms with Crippen LogP contribution in [0.4, 0.5) is 0 Å². The number of benzene rings is 1. The minimum Gasteiger partial charge on any atom is -0.240 e. The second-order valence-electron chi connectivity index (χ2n) is 5.43. The molecule has 0 radical (unpaired) electrons. The Morgan fingerprint density at radius 3 is 2.74 bits per heavy atom. The number of fused-ring (bicyclic) bond motifs is 1. The fraction of sp³-hybridized carbons (Fsp3) is 0.353. The van der Waals surface area contributed by atoms with E-state index in [4.69, 9.17) is 4.98 Å². The molecule has 1 aromatic heterocycles. The molecule has 0 fully saturated rings. The first-order valence-electron chi connectivity index (χ1n) is 6.68. The molecule has 1 aromatic carbocycles. The maximum Gasteiger partial charge on any atom is 0.103 e. The van der Waals surface area contributed by atoms with Crippen LogP contribution >= 0.6 is 11.3 Å².